The van der Waals surface area contributed by atoms with Crippen LogP contribution in [0.15, 0.2) is 48.6 Å². The number of fused-ring (bicyclic) bond motifs is 12. The van der Waals surface area contributed by atoms with E-state index >= 15 is 0 Å². The molecule has 0 aromatic rings. The van der Waals surface area contributed by atoms with Crippen molar-refractivity contribution < 1.29 is 110 Å². The van der Waals surface area contributed by atoms with Crippen molar-refractivity contribution in [2.75, 3.05) is 20.8 Å². The Hall–Kier alpha value is -2.54. The second-order valence-electron chi connectivity index (χ2n) is 35.0. The van der Waals surface area contributed by atoms with Gasteiger partial charge in [0, 0.05) is 103 Å². The molecule has 0 radical (unpaired) electrons. The highest BCUT2D eigenvalue weighted by molar-refractivity contribution is 5.80. The third-order valence-corrected chi connectivity index (χ3v) is 28.1. The van der Waals surface area contributed by atoms with Crippen LogP contribution in [0.2, 0.25) is 0 Å². The van der Waals surface area contributed by atoms with Crippen molar-refractivity contribution >= 4 is 11.6 Å². The molecule has 2 spiro atoms. The molecule has 0 amide bonds. The molecule has 23 nitrogen and oxygen atoms in total. The number of carbonyl (C=O) groups is 2. The number of ether oxygens (including phenoxy) is 18. The van der Waals surface area contributed by atoms with Gasteiger partial charge in [0.05, 0.1) is 141 Å². The summed E-state index contributed by atoms with van der Waals surface area (Å²) in [7, 11) is 3.32. The Kier molecular flexibility index (Phi) is 21.5. The van der Waals surface area contributed by atoms with Crippen molar-refractivity contribution in [1.82, 2.24) is 0 Å². The number of aliphatic hydroxyl groups excluding tert-OH is 3. The zero-order valence-corrected chi connectivity index (χ0v) is 61.9. The summed E-state index contributed by atoms with van der Waals surface area (Å²) < 4.78 is 120. The highest BCUT2D eigenvalue weighted by Gasteiger charge is 2.71. The zero-order chi connectivity index (χ0) is 71.8. The van der Waals surface area contributed by atoms with Crippen LogP contribution in [0.3, 0.4) is 0 Å². The number of aliphatic hydroxyl groups is 3. The number of hydrogen-bond acceptors (Lipinski definition) is 23. The Morgan fingerprint density at radius 1 is 0.413 bits per heavy atom. The number of ketones is 2. The Morgan fingerprint density at radius 3 is 1.24 bits per heavy atom. The lowest BCUT2D eigenvalue weighted by atomic mass is 9.81. The zero-order valence-electron chi connectivity index (χ0n) is 61.9. The van der Waals surface area contributed by atoms with Gasteiger partial charge in [0.2, 0.25) is 0 Å². The number of rotatable bonds is 8. The number of carbonyl (C=O) groups excluding carboxylic acids is 2. The van der Waals surface area contributed by atoms with Gasteiger partial charge in [0.15, 0.2) is 11.6 Å². The third kappa shape index (κ3) is 14.3. The van der Waals surface area contributed by atoms with Gasteiger partial charge in [-0.25, -0.2) is 0 Å². The van der Waals surface area contributed by atoms with E-state index in [4.69, 9.17) is 85.3 Å². The smallest absolute Gasteiger partial charge is 0.172 e. The maximum Gasteiger partial charge on any atom is 0.172 e. The minimum atomic E-state index is -0.951. The van der Waals surface area contributed by atoms with E-state index in [0.29, 0.717) is 76.5 Å². The van der Waals surface area contributed by atoms with E-state index in [9.17, 15) is 24.9 Å². The standard InChI is InChI=1S/C41H60O11.C40H58O12/c1-6-23(42)17-33-35(44-5)28-16-24(43)15-26-8-10-30-36(47-26)40-39-38(49-30)37-34(50-39)19-41(51-37,52-40)12-11-27-14-21(3)29(45-27)9-7-25-13-20(2)22(4)31(46-25)18-32(28)48-33;1-19-11-24-5-7-28-20(2)12-26(45-28)9-10-40-17-33-36(51-40)37-38(50-33)39(52-40)35-29(49-37)8-6-25(47-35)13-22(42)14-27-31(16-30(46-24)21(19)3)48-32(34(27)44-4)15-23(43)18-41/h20,23,25-40,42H,3-4,6-19H2,1-2,5H3;19,23-39,41,43H,2-3,5-18H2,1,4H3. The first kappa shape index (κ1) is 74.2. The van der Waals surface area contributed by atoms with E-state index in [0.717, 1.165) is 106 Å². The van der Waals surface area contributed by atoms with Crippen LogP contribution >= 0.6 is 0 Å². The lowest BCUT2D eigenvalue weighted by molar-refractivity contribution is -0.292. The SMILES string of the molecule is C=C1CC2CCC34CC5OC6C(OC7CCC(CC(=O)CC8C(CC9OC(CCC1O2)CC(C)C9=C)OC(CC(O)CC)C8OC)OC7C6O3)C5O4.C=C1CC2CCC34CC5OC6C(OC7CCC(CC(=O)CC8C(CC9OC(CCC1O2)CC(C)C9=C)OC(CC(O)CO)C8OC)OC7C6O3)C5O4. The fraction of sp³-hybridized carbons (Fsp3) is 0.877. The minimum absolute atomic E-state index is 0.00556. The topological polar surface area (TPSA) is 261 Å². The fourth-order valence-corrected chi connectivity index (χ4v) is 22.6. The predicted octanol–water partition coefficient (Wildman–Crippen LogP) is 8.36. The molecule has 20 saturated heterocycles. The molecule has 20 aliphatic rings. The number of hydrogen-bond donors (Lipinski definition) is 3. The summed E-state index contributed by atoms with van der Waals surface area (Å²) >= 11 is 0. The molecule has 0 aromatic heterocycles. The summed E-state index contributed by atoms with van der Waals surface area (Å²) in [6.45, 7) is 23.8. The lowest BCUT2D eigenvalue weighted by Gasteiger charge is -2.47. The summed E-state index contributed by atoms with van der Waals surface area (Å²) in [4.78, 5) is 28.1. The van der Waals surface area contributed by atoms with Crippen LogP contribution in [-0.4, -0.2) is 255 Å². The van der Waals surface area contributed by atoms with Crippen molar-refractivity contribution in [2.45, 2.75) is 401 Å². The average Bonchev–Trinajstić information content (AvgIpc) is 1.46. The molecule has 580 valence electrons. The highest BCUT2D eigenvalue weighted by Crippen LogP contribution is 2.57. The summed E-state index contributed by atoms with van der Waals surface area (Å²) in [6.07, 6.45) is 10.3. The first-order valence-corrected chi connectivity index (χ1v) is 40.6. The lowest BCUT2D eigenvalue weighted by Crippen LogP contribution is -2.61. The van der Waals surface area contributed by atoms with E-state index in [2.05, 4.69) is 40.2 Å². The van der Waals surface area contributed by atoms with Crippen LogP contribution < -0.4 is 0 Å². The number of Topliss-reactive ketones (excluding diaryl/α,β-unsaturated/α-hetero) is 2. The summed E-state index contributed by atoms with van der Waals surface area (Å²) in [6, 6.07) is 0. The Labute approximate surface area is 613 Å². The van der Waals surface area contributed by atoms with Gasteiger partial charge >= 0.3 is 0 Å². The van der Waals surface area contributed by atoms with Crippen LogP contribution in [0.4, 0.5) is 0 Å². The fourth-order valence-electron chi connectivity index (χ4n) is 22.6. The van der Waals surface area contributed by atoms with Crippen molar-refractivity contribution in [3.8, 4) is 0 Å². The molecule has 0 aromatic carbocycles. The van der Waals surface area contributed by atoms with Crippen LogP contribution in [-0.2, 0) is 94.9 Å². The van der Waals surface area contributed by atoms with Gasteiger partial charge in [-0.1, -0.05) is 47.1 Å². The summed E-state index contributed by atoms with van der Waals surface area (Å²) in [5.41, 5.74) is 4.40. The van der Waals surface area contributed by atoms with E-state index in [-0.39, 0.29) is 226 Å². The molecule has 20 fully saturated rings. The molecule has 38 unspecified atom stereocenters. The normalized spacial score (nSPS) is 52.4. The van der Waals surface area contributed by atoms with Crippen molar-refractivity contribution in [2.24, 2.45) is 23.7 Å². The van der Waals surface area contributed by atoms with Crippen molar-refractivity contribution in [1.29, 1.82) is 0 Å². The average molecular weight is 1460 g/mol. The van der Waals surface area contributed by atoms with E-state index < -0.39 is 36.0 Å². The van der Waals surface area contributed by atoms with Gasteiger partial charge in [0.25, 0.3) is 0 Å². The Bertz CT molecular complexity index is 2950. The Balaban J connectivity index is 0.000000154. The van der Waals surface area contributed by atoms with Gasteiger partial charge in [0.1, 0.15) is 72.6 Å². The summed E-state index contributed by atoms with van der Waals surface area (Å²) in [5.74, 6) is -1.24. The van der Waals surface area contributed by atoms with Crippen LogP contribution in [0, 0.1) is 23.7 Å². The molecule has 104 heavy (non-hydrogen) atoms. The number of methoxy groups -OCH3 is 2. The van der Waals surface area contributed by atoms with Crippen LogP contribution in [0.1, 0.15) is 194 Å². The van der Waals surface area contributed by atoms with Gasteiger partial charge in [-0.05, 0) is 130 Å². The van der Waals surface area contributed by atoms with E-state index in [1.807, 2.05) is 6.92 Å². The Morgan fingerprint density at radius 2 is 0.808 bits per heavy atom. The monoisotopic (exact) mass is 1460 g/mol. The van der Waals surface area contributed by atoms with Crippen LogP contribution in [0.5, 0.6) is 0 Å². The van der Waals surface area contributed by atoms with E-state index in [1.54, 1.807) is 14.2 Å². The predicted molar refractivity (Wildman–Crippen MR) is 372 cm³/mol. The first-order valence-electron chi connectivity index (χ1n) is 40.6. The van der Waals surface area contributed by atoms with Gasteiger partial charge in [-0.15, -0.1) is 0 Å². The van der Waals surface area contributed by atoms with Gasteiger partial charge in [-0.2, -0.15) is 0 Å². The van der Waals surface area contributed by atoms with Gasteiger partial charge < -0.3 is 101 Å². The van der Waals surface area contributed by atoms with Crippen molar-refractivity contribution in [3.63, 3.8) is 0 Å². The minimum Gasteiger partial charge on any atom is -0.394 e. The molecule has 24 bridgehead atoms. The molecule has 20 rings (SSSR count). The molecule has 38 atom stereocenters. The molecule has 20 aliphatic heterocycles. The summed E-state index contributed by atoms with van der Waals surface area (Å²) in [5, 5.41) is 30.7. The second-order valence-corrected chi connectivity index (χ2v) is 35.0. The van der Waals surface area contributed by atoms with Crippen LogP contribution in [0.25, 0.3) is 0 Å². The van der Waals surface area contributed by atoms with Crippen molar-refractivity contribution in [3.05, 3.63) is 48.6 Å². The molecule has 23 heteroatoms. The largest absolute Gasteiger partial charge is 0.394 e. The highest BCUT2D eigenvalue weighted by atomic mass is 16.8. The quantitative estimate of drug-likeness (QED) is 0.193. The molecular weight excluding hydrogens is 1340 g/mol. The molecule has 3 N–H and O–H groups in total. The van der Waals surface area contributed by atoms with Gasteiger partial charge in [-0.3, -0.25) is 9.59 Å². The van der Waals surface area contributed by atoms with E-state index in [1.165, 1.54) is 0 Å². The second kappa shape index (κ2) is 30.2. The maximum atomic E-state index is 14.1. The molecular formula is C81H118O23. The molecule has 0 aliphatic carbocycles. The molecule has 20 heterocycles. The maximum absolute atomic E-state index is 14.1. The third-order valence-electron chi connectivity index (χ3n) is 28.1. The molecule has 0 saturated carbocycles. The first-order chi connectivity index (χ1) is 50.2.